The van der Waals surface area contributed by atoms with Crippen molar-refractivity contribution in [2.45, 2.75) is 52.6 Å². The topological polar surface area (TPSA) is 58.2 Å². The second-order valence-electron chi connectivity index (χ2n) is 8.41. The minimum Gasteiger partial charge on any atom is -0.466 e. The molecule has 0 bridgehead atoms. The molecule has 0 saturated heterocycles. The fourth-order valence-electron chi connectivity index (χ4n) is 4.83. The number of hydrogen-bond donors (Lipinski definition) is 0. The van der Waals surface area contributed by atoms with Gasteiger partial charge >= 0.3 is 11.7 Å². The Morgan fingerprint density at radius 3 is 2.47 bits per heavy atom. The molecule has 0 aliphatic heterocycles. The Balaban J connectivity index is 1.85. The van der Waals surface area contributed by atoms with E-state index in [4.69, 9.17) is 4.74 Å². The molecule has 0 unspecified atom stereocenters. The van der Waals surface area contributed by atoms with Gasteiger partial charge in [0.2, 0.25) is 0 Å². The molecule has 0 saturated carbocycles. The second-order valence-corrected chi connectivity index (χ2v) is 8.41. The summed E-state index contributed by atoms with van der Waals surface area (Å²) in [6.45, 7) is 6.80. The van der Waals surface area contributed by atoms with Crippen molar-refractivity contribution in [2.75, 3.05) is 6.61 Å². The molecule has 0 fully saturated rings. The van der Waals surface area contributed by atoms with Gasteiger partial charge in [-0.3, -0.25) is 13.9 Å². The number of esters is 1. The van der Waals surface area contributed by atoms with E-state index in [2.05, 4.69) is 42.8 Å². The quantitative estimate of drug-likeness (QED) is 0.370. The molecule has 1 atom stereocenters. The van der Waals surface area contributed by atoms with Crippen molar-refractivity contribution < 1.29 is 9.53 Å². The standard InChI is InChI=1S/C26H31N3O3/c1-5-10-20(15-24(30)32-6-2)29-22-13-8-7-12-21(22)28(26(29)31)17-19-16-27(4)23-14-9-11-18(3)25(19)23/h7-9,11-14,16,20H,5-6,10,15,17H2,1-4H3/t20-/m0/s1. The van der Waals surface area contributed by atoms with Gasteiger partial charge < -0.3 is 9.30 Å². The third-order valence-corrected chi connectivity index (χ3v) is 6.19. The number of hydrogen-bond acceptors (Lipinski definition) is 3. The van der Waals surface area contributed by atoms with Gasteiger partial charge in [-0.2, -0.15) is 0 Å². The molecule has 2 aromatic carbocycles. The van der Waals surface area contributed by atoms with Gasteiger partial charge in [0.05, 0.1) is 30.6 Å². The Morgan fingerprint density at radius 1 is 1.03 bits per heavy atom. The van der Waals surface area contributed by atoms with Crippen LogP contribution in [0.5, 0.6) is 0 Å². The predicted octanol–water partition coefficient (Wildman–Crippen LogP) is 4.95. The molecule has 0 radical (unpaired) electrons. The summed E-state index contributed by atoms with van der Waals surface area (Å²) in [6, 6.07) is 13.9. The zero-order valence-corrected chi connectivity index (χ0v) is 19.3. The third kappa shape index (κ3) is 3.85. The maximum absolute atomic E-state index is 13.7. The van der Waals surface area contributed by atoms with Crippen LogP contribution in [-0.2, 0) is 23.1 Å². The number of aromatic nitrogens is 3. The zero-order chi connectivity index (χ0) is 22.8. The van der Waals surface area contributed by atoms with Gasteiger partial charge in [0, 0.05) is 30.2 Å². The van der Waals surface area contributed by atoms with E-state index in [0.717, 1.165) is 35.0 Å². The van der Waals surface area contributed by atoms with E-state index in [-0.39, 0.29) is 24.1 Å². The van der Waals surface area contributed by atoms with Crippen LogP contribution in [-0.4, -0.2) is 26.3 Å². The minimum atomic E-state index is -0.264. The molecule has 168 valence electrons. The lowest BCUT2D eigenvalue weighted by molar-refractivity contribution is -0.144. The summed E-state index contributed by atoms with van der Waals surface area (Å²) in [5, 5.41) is 1.19. The van der Waals surface area contributed by atoms with Crippen LogP contribution < -0.4 is 5.69 Å². The number of carbonyl (C=O) groups is 1. The van der Waals surface area contributed by atoms with Gasteiger partial charge in [-0.1, -0.05) is 37.6 Å². The Hall–Kier alpha value is -3.28. The van der Waals surface area contributed by atoms with E-state index < -0.39 is 0 Å². The summed E-state index contributed by atoms with van der Waals surface area (Å²) in [7, 11) is 2.04. The molecular weight excluding hydrogens is 402 g/mol. The molecule has 0 aliphatic rings. The third-order valence-electron chi connectivity index (χ3n) is 6.19. The molecule has 2 aromatic heterocycles. The van der Waals surface area contributed by atoms with E-state index in [1.807, 2.05) is 35.9 Å². The van der Waals surface area contributed by atoms with Crippen molar-refractivity contribution in [1.29, 1.82) is 0 Å². The highest BCUT2D eigenvalue weighted by molar-refractivity contribution is 5.87. The van der Waals surface area contributed by atoms with Crippen LogP contribution >= 0.6 is 0 Å². The van der Waals surface area contributed by atoms with E-state index in [1.165, 1.54) is 10.9 Å². The van der Waals surface area contributed by atoms with Gasteiger partial charge in [0.15, 0.2) is 0 Å². The number of carbonyl (C=O) groups excluding carboxylic acids is 1. The average Bonchev–Trinajstić information content (AvgIpc) is 3.23. The molecule has 0 amide bonds. The predicted molar refractivity (Wildman–Crippen MR) is 128 cm³/mol. The molecule has 0 spiro atoms. The highest BCUT2D eigenvalue weighted by Gasteiger charge is 2.23. The molecule has 4 aromatic rings. The molecular formula is C26H31N3O3. The van der Waals surface area contributed by atoms with Crippen LogP contribution in [0, 0.1) is 6.92 Å². The van der Waals surface area contributed by atoms with Crippen LogP contribution in [0.15, 0.2) is 53.5 Å². The van der Waals surface area contributed by atoms with Crippen molar-refractivity contribution >= 4 is 27.9 Å². The van der Waals surface area contributed by atoms with E-state index in [0.29, 0.717) is 13.2 Å². The number of fused-ring (bicyclic) bond motifs is 2. The number of rotatable bonds is 8. The number of benzene rings is 2. The van der Waals surface area contributed by atoms with E-state index in [9.17, 15) is 9.59 Å². The smallest absolute Gasteiger partial charge is 0.329 e. The first-order valence-electron chi connectivity index (χ1n) is 11.3. The number of nitrogens with zero attached hydrogens (tertiary/aromatic N) is 3. The molecule has 32 heavy (non-hydrogen) atoms. The maximum Gasteiger partial charge on any atom is 0.329 e. The molecule has 0 aliphatic carbocycles. The zero-order valence-electron chi connectivity index (χ0n) is 19.3. The highest BCUT2D eigenvalue weighted by Crippen LogP contribution is 2.27. The van der Waals surface area contributed by atoms with Gasteiger partial charge in [0.25, 0.3) is 0 Å². The summed E-state index contributed by atoms with van der Waals surface area (Å²) in [5.74, 6) is -0.264. The minimum absolute atomic E-state index is 0.0838. The van der Waals surface area contributed by atoms with E-state index >= 15 is 0 Å². The van der Waals surface area contributed by atoms with Gasteiger partial charge in [-0.15, -0.1) is 0 Å². The van der Waals surface area contributed by atoms with Crippen LogP contribution in [0.25, 0.3) is 21.9 Å². The van der Waals surface area contributed by atoms with Crippen LogP contribution in [0.4, 0.5) is 0 Å². The SMILES string of the molecule is CCC[C@@H](CC(=O)OCC)n1c(=O)n(Cc2cn(C)c3cccc(C)c23)c2ccccc21. The molecule has 6 nitrogen and oxygen atoms in total. The first-order chi connectivity index (χ1) is 15.5. The number of ether oxygens (including phenoxy) is 1. The monoisotopic (exact) mass is 433 g/mol. The van der Waals surface area contributed by atoms with Crippen molar-refractivity contribution in [3.05, 3.63) is 70.3 Å². The number of imidazole rings is 1. The Labute approximate surface area is 188 Å². The molecule has 0 N–H and O–H groups in total. The summed E-state index contributed by atoms with van der Waals surface area (Å²) >= 11 is 0. The maximum atomic E-state index is 13.7. The fourth-order valence-corrected chi connectivity index (χ4v) is 4.83. The molecule has 6 heteroatoms. The van der Waals surface area contributed by atoms with Crippen LogP contribution in [0.3, 0.4) is 0 Å². The van der Waals surface area contributed by atoms with Crippen LogP contribution in [0.1, 0.15) is 50.3 Å². The Morgan fingerprint density at radius 2 is 1.75 bits per heavy atom. The second kappa shape index (κ2) is 9.07. The van der Waals surface area contributed by atoms with Crippen molar-refractivity contribution in [2.24, 2.45) is 7.05 Å². The summed E-state index contributed by atoms with van der Waals surface area (Å²) in [4.78, 5) is 26.0. The first kappa shape index (κ1) is 21.9. The van der Waals surface area contributed by atoms with Crippen molar-refractivity contribution in [3.8, 4) is 0 Å². The van der Waals surface area contributed by atoms with E-state index in [1.54, 1.807) is 11.5 Å². The average molecular weight is 434 g/mol. The lowest BCUT2D eigenvalue weighted by Gasteiger charge is -2.17. The number of aryl methyl sites for hydroxylation is 2. The largest absolute Gasteiger partial charge is 0.466 e. The normalized spacial score (nSPS) is 12.5. The lowest BCUT2D eigenvalue weighted by Crippen LogP contribution is -2.29. The highest BCUT2D eigenvalue weighted by atomic mass is 16.5. The number of para-hydroxylation sites is 2. The molecule has 4 rings (SSSR count). The van der Waals surface area contributed by atoms with Crippen molar-refractivity contribution in [3.63, 3.8) is 0 Å². The van der Waals surface area contributed by atoms with Crippen LogP contribution in [0.2, 0.25) is 0 Å². The Kier molecular flexibility index (Phi) is 6.21. The van der Waals surface area contributed by atoms with Crippen molar-refractivity contribution in [1.82, 2.24) is 13.7 Å². The summed E-state index contributed by atoms with van der Waals surface area (Å²) < 4.78 is 10.9. The fraction of sp³-hybridized carbons (Fsp3) is 0.385. The van der Waals surface area contributed by atoms with Gasteiger partial charge in [-0.25, -0.2) is 4.79 Å². The first-order valence-corrected chi connectivity index (χ1v) is 11.3. The van der Waals surface area contributed by atoms with Gasteiger partial charge in [-0.05, 0) is 49.6 Å². The van der Waals surface area contributed by atoms with Gasteiger partial charge in [0.1, 0.15) is 0 Å². The Bertz CT molecular complexity index is 1330. The summed E-state index contributed by atoms with van der Waals surface area (Å²) in [5.41, 5.74) is 5.12. The summed E-state index contributed by atoms with van der Waals surface area (Å²) in [6.07, 6.45) is 3.92. The molecule has 2 heterocycles. The lowest BCUT2D eigenvalue weighted by atomic mass is 10.1.